The molecule has 2 aliphatic heterocycles. The van der Waals surface area contributed by atoms with Gasteiger partial charge in [0.15, 0.2) is 5.11 Å². The molecule has 1 atom stereocenters. The fraction of sp³-hybridized carbons (Fsp3) is 0.381. The predicted molar refractivity (Wildman–Crippen MR) is 115 cm³/mol. The van der Waals surface area contributed by atoms with E-state index in [1.807, 2.05) is 42.0 Å². The van der Waals surface area contributed by atoms with Gasteiger partial charge >= 0.3 is 0 Å². The van der Waals surface area contributed by atoms with Gasteiger partial charge in [-0.15, -0.1) is 0 Å². The molecule has 0 bridgehead atoms. The third-order valence-electron chi connectivity index (χ3n) is 5.26. The van der Waals surface area contributed by atoms with Gasteiger partial charge in [0.25, 0.3) is 5.91 Å². The number of amides is 2. The molecule has 29 heavy (non-hydrogen) atoms. The first-order valence-corrected chi connectivity index (χ1v) is 10.3. The Labute approximate surface area is 174 Å². The van der Waals surface area contributed by atoms with Crippen LogP contribution in [-0.2, 0) is 20.9 Å². The fourth-order valence-electron chi connectivity index (χ4n) is 3.78. The summed E-state index contributed by atoms with van der Waals surface area (Å²) in [7, 11) is 0. The van der Waals surface area contributed by atoms with Gasteiger partial charge in [0, 0.05) is 42.4 Å². The molecular formula is C21H24N4O3S. The predicted octanol–water partition coefficient (Wildman–Crippen LogP) is 2.01. The molecule has 8 heteroatoms. The van der Waals surface area contributed by atoms with Gasteiger partial charge in [-0.05, 0) is 44.1 Å². The number of likely N-dealkylation sites (N-methyl/N-ethyl adjacent to an activating group) is 1. The topological polar surface area (TPSA) is 75.6 Å². The van der Waals surface area contributed by atoms with Crippen molar-refractivity contribution < 1.29 is 14.3 Å². The minimum absolute atomic E-state index is 0.0612. The van der Waals surface area contributed by atoms with E-state index in [1.165, 1.54) is 4.90 Å². The Bertz CT molecular complexity index is 991. The third-order valence-corrected chi connectivity index (χ3v) is 5.59. The summed E-state index contributed by atoms with van der Waals surface area (Å²) < 4.78 is 7.46. The highest BCUT2D eigenvalue weighted by molar-refractivity contribution is 7.80. The summed E-state index contributed by atoms with van der Waals surface area (Å²) in [4.78, 5) is 26.5. The summed E-state index contributed by atoms with van der Waals surface area (Å²) in [6.07, 6.45) is 5.85. The van der Waals surface area contributed by atoms with Crippen LogP contribution in [0.15, 0.2) is 36.2 Å². The molecule has 1 aromatic heterocycles. The second-order valence-corrected chi connectivity index (χ2v) is 7.59. The minimum Gasteiger partial charge on any atom is -0.376 e. The molecule has 7 nitrogen and oxygen atoms in total. The number of nitrogens with one attached hydrogen (secondary N) is 2. The Hall–Kier alpha value is -2.71. The van der Waals surface area contributed by atoms with Crippen LogP contribution >= 0.6 is 12.2 Å². The fourth-order valence-corrected chi connectivity index (χ4v) is 4.10. The maximum atomic E-state index is 12.5. The number of ether oxygens (including phenoxy) is 1. The van der Waals surface area contributed by atoms with E-state index in [4.69, 9.17) is 17.0 Å². The Morgan fingerprint density at radius 1 is 1.41 bits per heavy atom. The van der Waals surface area contributed by atoms with Gasteiger partial charge in [-0.25, -0.2) is 0 Å². The normalized spacial score (nSPS) is 20.7. The molecule has 0 spiro atoms. The van der Waals surface area contributed by atoms with Crippen molar-refractivity contribution in [1.82, 2.24) is 20.1 Å². The number of para-hydroxylation sites is 1. The average Bonchev–Trinajstić information content (AvgIpc) is 3.41. The average molecular weight is 413 g/mol. The van der Waals surface area contributed by atoms with E-state index in [-0.39, 0.29) is 24.5 Å². The summed E-state index contributed by atoms with van der Waals surface area (Å²) >= 11 is 5.23. The van der Waals surface area contributed by atoms with Gasteiger partial charge in [0.1, 0.15) is 12.2 Å². The van der Waals surface area contributed by atoms with Crippen LogP contribution in [-0.4, -0.2) is 52.2 Å². The number of fused-ring (bicyclic) bond motifs is 1. The molecule has 0 saturated carbocycles. The van der Waals surface area contributed by atoms with Crippen LogP contribution in [0.4, 0.5) is 0 Å². The van der Waals surface area contributed by atoms with Crippen LogP contribution in [0.2, 0.25) is 0 Å². The van der Waals surface area contributed by atoms with Crippen molar-refractivity contribution in [3.05, 3.63) is 41.7 Å². The number of carbonyl (C=O) groups is 2. The molecule has 0 radical (unpaired) electrons. The quantitative estimate of drug-likeness (QED) is 0.561. The van der Waals surface area contributed by atoms with Gasteiger partial charge in [-0.1, -0.05) is 18.2 Å². The number of hydrogen-bond acceptors (Lipinski definition) is 4. The van der Waals surface area contributed by atoms with E-state index in [0.717, 1.165) is 35.9 Å². The highest BCUT2D eigenvalue weighted by atomic mass is 32.1. The van der Waals surface area contributed by atoms with E-state index in [1.54, 1.807) is 6.08 Å². The highest BCUT2D eigenvalue weighted by Gasteiger charge is 2.29. The number of aromatic nitrogens is 1. The molecule has 2 N–H and O–H groups in total. The molecule has 152 valence electrons. The number of carbonyl (C=O) groups excluding carboxylic acids is 2. The van der Waals surface area contributed by atoms with Crippen LogP contribution in [0.5, 0.6) is 0 Å². The molecule has 2 amide bonds. The Morgan fingerprint density at radius 2 is 2.24 bits per heavy atom. The second-order valence-electron chi connectivity index (χ2n) is 7.21. The zero-order valence-corrected chi connectivity index (χ0v) is 17.1. The van der Waals surface area contributed by atoms with Crippen LogP contribution in [0.1, 0.15) is 25.3 Å². The van der Waals surface area contributed by atoms with Crippen LogP contribution < -0.4 is 10.6 Å². The SMILES string of the molecule is CCN1C(=O)/C(=C/c2cn(CC(=O)NC[C@@H]3CCCO3)c3ccccc23)NC1=S. The molecule has 3 heterocycles. The lowest BCUT2D eigenvalue weighted by atomic mass is 10.1. The maximum absolute atomic E-state index is 12.5. The van der Waals surface area contributed by atoms with Crippen LogP contribution in [0, 0.1) is 0 Å². The lowest BCUT2D eigenvalue weighted by molar-refractivity contribution is -0.123. The number of thiocarbonyl (C=S) groups is 1. The lowest BCUT2D eigenvalue weighted by Gasteiger charge is -2.11. The van der Waals surface area contributed by atoms with Crippen molar-refractivity contribution in [2.45, 2.75) is 32.4 Å². The van der Waals surface area contributed by atoms with E-state index >= 15 is 0 Å². The number of rotatable bonds is 6. The first-order chi connectivity index (χ1) is 14.1. The zero-order valence-electron chi connectivity index (χ0n) is 16.3. The maximum Gasteiger partial charge on any atom is 0.276 e. The van der Waals surface area contributed by atoms with Crippen molar-refractivity contribution in [3.8, 4) is 0 Å². The molecule has 1 aromatic carbocycles. The molecule has 0 unspecified atom stereocenters. The summed E-state index contributed by atoms with van der Waals surface area (Å²) in [5.41, 5.74) is 2.25. The lowest BCUT2D eigenvalue weighted by Crippen LogP contribution is -2.34. The molecule has 2 saturated heterocycles. The van der Waals surface area contributed by atoms with E-state index in [0.29, 0.717) is 23.9 Å². The van der Waals surface area contributed by atoms with Crippen LogP contribution in [0.25, 0.3) is 17.0 Å². The molecule has 4 rings (SSSR count). The minimum atomic E-state index is -0.136. The molecule has 2 aromatic rings. The van der Waals surface area contributed by atoms with Crippen molar-refractivity contribution in [2.24, 2.45) is 0 Å². The summed E-state index contributed by atoms with van der Waals surface area (Å²) in [5.74, 6) is -0.197. The first kappa shape index (κ1) is 19.6. The van der Waals surface area contributed by atoms with Crippen molar-refractivity contribution >= 4 is 46.1 Å². The third kappa shape index (κ3) is 4.04. The van der Waals surface area contributed by atoms with Crippen molar-refractivity contribution in [3.63, 3.8) is 0 Å². The largest absolute Gasteiger partial charge is 0.376 e. The summed E-state index contributed by atoms with van der Waals surface area (Å²) in [6, 6.07) is 7.83. The van der Waals surface area contributed by atoms with E-state index < -0.39 is 0 Å². The van der Waals surface area contributed by atoms with E-state index in [9.17, 15) is 9.59 Å². The summed E-state index contributed by atoms with van der Waals surface area (Å²) in [5, 5.41) is 7.33. The Kier molecular flexibility index (Phi) is 5.64. The standard InChI is InChI=1S/C21H24N4O3S/c1-2-25-20(27)17(23-21(25)29)10-14-12-24(18-8-4-3-7-16(14)18)13-19(26)22-11-15-6-5-9-28-15/h3-4,7-8,10,12,15H,2,5-6,9,11,13H2,1H3,(H,22,26)(H,23,29)/b17-10-/t15-/m0/s1. The molecule has 2 fully saturated rings. The Balaban J connectivity index is 1.55. The van der Waals surface area contributed by atoms with Crippen molar-refractivity contribution in [1.29, 1.82) is 0 Å². The van der Waals surface area contributed by atoms with Gasteiger partial charge in [0.2, 0.25) is 5.91 Å². The van der Waals surface area contributed by atoms with Gasteiger partial charge in [-0.3, -0.25) is 14.5 Å². The number of benzene rings is 1. The van der Waals surface area contributed by atoms with Crippen molar-refractivity contribution in [2.75, 3.05) is 19.7 Å². The van der Waals surface area contributed by atoms with Gasteiger partial charge < -0.3 is 19.9 Å². The highest BCUT2D eigenvalue weighted by Crippen LogP contribution is 2.24. The van der Waals surface area contributed by atoms with E-state index in [2.05, 4.69) is 10.6 Å². The molecular weight excluding hydrogens is 388 g/mol. The zero-order chi connectivity index (χ0) is 20.4. The number of nitrogens with zero attached hydrogens (tertiary/aromatic N) is 2. The Morgan fingerprint density at radius 3 is 2.97 bits per heavy atom. The molecule has 2 aliphatic rings. The van der Waals surface area contributed by atoms with Gasteiger partial charge in [0.05, 0.1) is 6.10 Å². The number of hydrogen-bond donors (Lipinski definition) is 2. The smallest absolute Gasteiger partial charge is 0.276 e. The first-order valence-electron chi connectivity index (χ1n) is 9.87. The van der Waals surface area contributed by atoms with Crippen LogP contribution in [0.3, 0.4) is 0 Å². The molecule has 0 aliphatic carbocycles. The second kappa shape index (κ2) is 8.34. The summed E-state index contributed by atoms with van der Waals surface area (Å²) in [6.45, 7) is 3.92. The van der Waals surface area contributed by atoms with Gasteiger partial charge in [-0.2, -0.15) is 0 Å². The monoisotopic (exact) mass is 412 g/mol.